The summed E-state index contributed by atoms with van der Waals surface area (Å²) in [6, 6.07) is 0. The molecule has 1 heterocycles. The van der Waals surface area contributed by atoms with Gasteiger partial charge in [0.25, 0.3) is 0 Å². The fourth-order valence-electron chi connectivity index (χ4n) is 2.81. The molecule has 0 atom stereocenters. The number of carbonyl (C=O) groups is 2. The Bertz CT molecular complexity index is 520. The summed E-state index contributed by atoms with van der Waals surface area (Å²) >= 11 is 0. The maximum atomic E-state index is 11.8. The number of hydrogen-bond acceptors (Lipinski definition) is 4. The standard InChI is InChI=1S/C20H35N2O4.ClH/c1-3-4-5-6-7-8-9-10-11-12-15-26-20(24)17-22-14-13-21(18-22)16-19(23)25-2;/h13-14,18H,3-12,15-17H2,1-2H3;1H/q+1;/p-1. The minimum atomic E-state index is -0.323. The smallest absolute Gasteiger partial charge is 0.348 e. The second-order valence-corrected chi connectivity index (χ2v) is 6.74. The summed E-state index contributed by atoms with van der Waals surface area (Å²) in [5, 5.41) is 0. The zero-order valence-electron chi connectivity index (χ0n) is 16.8. The van der Waals surface area contributed by atoms with E-state index in [1.54, 1.807) is 27.9 Å². The van der Waals surface area contributed by atoms with Gasteiger partial charge in [0, 0.05) is 0 Å². The first kappa shape index (κ1) is 25.4. The van der Waals surface area contributed by atoms with Crippen LogP contribution in [0.4, 0.5) is 0 Å². The third kappa shape index (κ3) is 13.3. The molecule has 0 bridgehead atoms. The highest BCUT2D eigenvalue weighted by atomic mass is 35.5. The first-order valence-electron chi connectivity index (χ1n) is 9.93. The molecule has 0 amide bonds. The molecule has 0 aliphatic rings. The second kappa shape index (κ2) is 16.6. The van der Waals surface area contributed by atoms with Gasteiger partial charge in [0.2, 0.25) is 6.33 Å². The van der Waals surface area contributed by atoms with Gasteiger partial charge in [0.15, 0.2) is 13.1 Å². The molecule has 0 unspecified atom stereocenters. The molecular formula is C20H35ClN2O4. The molecule has 0 N–H and O–H groups in total. The third-order valence-electron chi connectivity index (χ3n) is 4.36. The van der Waals surface area contributed by atoms with Crippen molar-refractivity contribution >= 4 is 11.9 Å². The van der Waals surface area contributed by atoms with Crippen LogP contribution >= 0.6 is 0 Å². The number of rotatable bonds is 15. The van der Waals surface area contributed by atoms with Gasteiger partial charge in [0.05, 0.1) is 13.7 Å². The Hall–Kier alpha value is -1.56. The molecule has 7 heteroatoms. The van der Waals surface area contributed by atoms with Crippen molar-refractivity contribution in [3.05, 3.63) is 18.7 Å². The number of halogens is 1. The van der Waals surface area contributed by atoms with Crippen molar-refractivity contribution in [3.63, 3.8) is 0 Å². The van der Waals surface area contributed by atoms with Crippen LogP contribution in [0.2, 0.25) is 0 Å². The summed E-state index contributed by atoms with van der Waals surface area (Å²) in [7, 11) is 1.35. The number of aromatic nitrogens is 2. The van der Waals surface area contributed by atoms with E-state index in [0.717, 1.165) is 12.8 Å². The molecule has 0 aliphatic carbocycles. The number of methoxy groups -OCH3 is 1. The fourth-order valence-corrected chi connectivity index (χ4v) is 2.81. The van der Waals surface area contributed by atoms with Gasteiger partial charge in [-0.25, -0.2) is 18.7 Å². The Kier molecular flexibility index (Phi) is 15.6. The van der Waals surface area contributed by atoms with Gasteiger partial charge in [-0.2, -0.15) is 0 Å². The number of nitrogens with zero attached hydrogens (tertiary/aromatic N) is 2. The zero-order valence-corrected chi connectivity index (χ0v) is 17.6. The molecule has 6 nitrogen and oxygen atoms in total. The lowest BCUT2D eigenvalue weighted by Gasteiger charge is -2.04. The van der Waals surface area contributed by atoms with Crippen molar-refractivity contribution in [2.45, 2.75) is 84.2 Å². The van der Waals surface area contributed by atoms with Crippen LogP contribution in [-0.4, -0.2) is 30.2 Å². The van der Waals surface area contributed by atoms with Crippen molar-refractivity contribution < 1.29 is 36.0 Å². The summed E-state index contributed by atoms with van der Waals surface area (Å²) in [6.45, 7) is 3.02. The molecule has 156 valence electrons. The van der Waals surface area contributed by atoms with E-state index in [0.29, 0.717) is 6.61 Å². The van der Waals surface area contributed by atoms with E-state index >= 15 is 0 Å². The van der Waals surface area contributed by atoms with Crippen LogP contribution in [0.3, 0.4) is 0 Å². The Balaban J connectivity index is 0.00000676. The lowest BCUT2D eigenvalue weighted by atomic mass is 10.1. The zero-order chi connectivity index (χ0) is 19.0. The highest BCUT2D eigenvalue weighted by Crippen LogP contribution is 2.10. The van der Waals surface area contributed by atoms with Gasteiger partial charge >= 0.3 is 11.9 Å². The molecule has 1 aromatic rings. The largest absolute Gasteiger partial charge is 1.00 e. The highest BCUT2D eigenvalue weighted by molar-refractivity contribution is 5.69. The van der Waals surface area contributed by atoms with Crippen molar-refractivity contribution in [3.8, 4) is 0 Å². The van der Waals surface area contributed by atoms with Crippen LogP contribution in [0.15, 0.2) is 18.7 Å². The van der Waals surface area contributed by atoms with Gasteiger partial charge in [-0.05, 0) is 6.42 Å². The van der Waals surface area contributed by atoms with Crippen LogP contribution < -0.4 is 17.0 Å². The summed E-state index contributed by atoms with van der Waals surface area (Å²) in [6.07, 6.45) is 17.8. The predicted molar refractivity (Wildman–Crippen MR) is 99.4 cm³/mol. The van der Waals surface area contributed by atoms with Crippen LogP contribution in [0.5, 0.6) is 0 Å². The number of carbonyl (C=O) groups excluding carboxylic acids is 2. The first-order chi connectivity index (χ1) is 12.7. The van der Waals surface area contributed by atoms with Crippen LogP contribution in [-0.2, 0) is 32.2 Å². The summed E-state index contributed by atoms with van der Waals surface area (Å²) in [5.74, 6) is -0.571. The fraction of sp³-hybridized carbons (Fsp3) is 0.750. The summed E-state index contributed by atoms with van der Waals surface area (Å²) in [4.78, 5) is 23.0. The maximum absolute atomic E-state index is 11.8. The second-order valence-electron chi connectivity index (χ2n) is 6.74. The van der Waals surface area contributed by atoms with Gasteiger partial charge in [-0.1, -0.05) is 64.7 Å². The molecule has 0 spiro atoms. The molecule has 1 aromatic heterocycles. The van der Waals surface area contributed by atoms with Gasteiger partial charge in [-0.3, -0.25) is 0 Å². The quantitative estimate of drug-likeness (QED) is 0.242. The minimum absolute atomic E-state index is 0. The average Bonchev–Trinajstić information content (AvgIpc) is 3.06. The molecule has 0 aromatic carbocycles. The molecule has 0 saturated carbocycles. The molecule has 27 heavy (non-hydrogen) atoms. The molecule has 0 radical (unpaired) electrons. The topological polar surface area (TPSA) is 61.4 Å². The van der Waals surface area contributed by atoms with Crippen molar-refractivity contribution in [1.29, 1.82) is 0 Å². The number of imidazole rings is 1. The van der Waals surface area contributed by atoms with E-state index in [-0.39, 0.29) is 37.4 Å². The Morgan fingerprint density at radius 3 is 2.11 bits per heavy atom. The minimum Gasteiger partial charge on any atom is -1.00 e. The number of ether oxygens (including phenoxy) is 2. The van der Waals surface area contributed by atoms with Crippen LogP contribution in [0, 0.1) is 0 Å². The monoisotopic (exact) mass is 402 g/mol. The molecule has 1 rings (SSSR count). The van der Waals surface area contributed by atoms with Crippen LogP contribution in [0.25, 0.3) is 0 Å². The number of unbranched alkanes of at least 4 members (excludes halogenated alkanes) is 9. The lowest BCUT2D eigenvalue weighted by molar-refractivity contribution is -0.685. The van der Waals surface area contributed by atoms with E-state index in [4.69, 9.17) is 4.74 Å². The summed E-state index contributed by atoms with van der Waals surface area (Å²) in [5.41, 5.74) is 0. The normalized spacial score (nSPS) is 10.3. The Morgan fingerprint density at radius 1 is 0.926 bits per heavy atom. The predicted octanol–water partition coefficient (Wildman–Crippen LogP) is 0.417. The SMILES string of the molecule is CCCCCCCCCCCCOC(=O)C[n+]1ccn(CC(=O)OC)c1.[Cl-]. The molecule has 0 fully saturated rings. The van der Waals surface area contributed by atoms with Crippen LogP contribution in [0.1, 0.15) is 71.1 Å². The van der Waals surface area contributed by atoms with Crippen molar-refractivity contribution in [2.75, 3.05) is 13.7 Å². The Labute approximate surface area is 169 Å². The molecular weight excluding hydrogens is 368 g/mol. The maximum Gasteiger partial charge on any atom is 0.348 e. The van der Waals surface area contributed by atoms with E-state index < -0.39 is 0 Å². The van der Waals surface area contributed by atoms with Gasteiger partial charge < -0.3 is 21.9 Å². The third-order valence-corrected chi connectivity index (χ3v) is 4.36. The highest BCUT2D eigenvalue weighted by Gasteiger charge is 2.12. The summed E-state index contributed by atoms with van der Waals surface area (Å²) < 4.78 is 13.2. The number of hydrogen-bond donors (Lipinski definition) is 0. The van der Waals surface area contributed by atoms with Crippen molar-refractivity contribution in [2.24, 2.45) is 0 Å². The van der Waals surface area contributed by atoms with Gasteiger partial charge in [-0.15, -0.1) is 0 Å². The Morgan fingerprint density at radius 2 is 1.52 bits per heavy atom. The van der Waals surface area contributed by atoms with E-state index in [1.165, 1.54) is 58.5 Å². The molecule has 0 saturated heterocycles. The average molecular weight is 403 g/mol. The van der Waals surface area contributed by atoms with E-state index in [1.807, 2.05) is 0 Å². The van der Waals surface area contributed by atoms with E-state index in [2.05, 4.69) is 11.7 Å². The lowest BCUT2D eigenvalue weighted by Crippen LogP contribution is -3.00. The van der Waals surface area contributed by atoms with Gasteiger partial charge in [0.1, 0.15) is 12.4 Å². The first-order valence-corrected chi connectivity index (χ1v) is 9.93. The van der Waals surface area contributed by atoms with E-state index in [9.17, 15) is 9.59 Å². The number of esters is 2. The molecule has 0 aliphatic heterocycles. The van der Waals surface area contributed by atoms with Crippen molar-refractivity contribution in [1.82, 2.24) is 4.57 Å².